The van der Waals surface area contributed by atoms with E-state index in [1.807, 2.05) is 18.2 Å². The molecule has 14 heavy (non-hydrogen) atoms. The minimum absolute atomic E-state index is 0.633. The summed E-state index contributed by atoms with van der Waals surface area (Å²) >= 11 is 10.1. The van der Waals surface area contributed by atoms with Crippen molar-refractivity contribution in [2.24, 2.45) is 0 Å². The van der Waals surface area contributed by atoms with Crippen LogP contribution in [0.25, 0.3) is 0 Å². The maximum Gasteiger partial charge on any atom is 0.0717 e. The lowest BCUT2D eigenvalue weighted by Crippen LogP contribution is -1.94. The number of benzene rings is 1. The Morgan fingerprint density at radius 2 is 2.21 bits per heavy atom. The van der Waals surface area contributed by atoms with Crippen LogP contribution >= 0.6 is 24.2 Å². The number of hydrogen-bond donors (Lipinski definition) is 1. The van der Waals surface area contributed by atoms with Gasteiger partial charge in [-0.1, -0.05) is 31.0 Å². The maximum atomic E-state index is 5.92. The van der Waals surface area contributed by atoms with Crippen LogP contribution in [-0.4, -0.2) is 6.61 Å². The molecule has 0 spiro atoms. The summed E-state index contributed by atoms with van der Waals surface area (Å²) in [6.45, 7) is 3.60. The summed E-state index contributed by atoms with van der Waals surface area (Å²) in [5, 5.41) is 0.685. The van der Waals surface area contributed by atoms with Crippen LogP contribution in [0.1, 0.15) is 25.3 Å². The fraction of sp³-hybridized carbons (Fsp3) is 0.455. The Morgan fingerprint density at radius 3 is 2.86 bits per heavy atom. The molecule has 3 heteroatoms. The largest absolute Gasteiger partial charge is 0.377 e. The molecular formula is C11H15ClOS. The highest BCUT2D eigenvalue weighted by Gasteiger charge is 1.98. The van der Waals surface area contributed by atoms with Crippen molar-refractivity contribution in [1.29, 1.82) is 0 Å². The summed E-state index contributed by atoms with van der Waals surface area (Å²) in [5.41, 5.74) is 1.10. The zero-order valence-electron chi connectivity index (χ0n) is 8.29. The number of unbranched alkanes of at least 4 members (excludes halogenated alkanes) is 1. The Balaban J connectivity index is 2.39. The normalized spacial score (nSPS) is 10.5. The van der Waals surface area contributed by atoms with Gasteiger partial charge < -0.3 is 4.74 Å². The van der Waals surface area contributed by atoms with Crippen LogP contribution < -0.4 is 0 Å². The van der Waals surface area contributed by atoms with E-state index in [9.17, 15) is 0 Å². The van der Waals surface area contributed by atoms with Crippen LogP contribution in [0.3, 0.4) is 0 Å². The molecule has 0 aliphatic heterocycles. The molecule has 0 atom stereocenters. The lowest BCUT2D eigenvalue weighted by molar-refractivity contribution is 0.118. The van der Waals surface area contributed by atoms with E-state index in [1.54, 1.807) is 0 Å². The van der Waals surface area contributed by atoms with Crippen molar-refractivity contribution in [2.45, 2.75) is 31.3 Å². The summed E-state index contributed by atoms with van der Waals surface area (Å²) in [6.07, 6.45) is 2.27. The molecule has 0 heterocycles. The van der Waals surface area contributed by atoms with E-state index in [0.29, 0.717) is 11.6 Å². The van der Waals surface area contributed by atoms with E-state index in [4.69, 9.17) is 16.3 Å². The van der Waals surface area contributed by atoms with Crippen molar-refractivity contribution in [3.63, 3.8) is 0 Å². The second-order valence-electron chi connectivity index (χ2n) is 3.19. The third-order valence-electron chi connectivity index (χ3n) is 1.92. The molecule has 0 radical (unpaired) electrons. The van der Waals surface area contributed by atoms with Crippen molar-refractivity contribution in [3.8, 4) is 0 Å². The lowest BCUT2D eigenvalue weighted by atomic mass is 10.2. The summed E-state index contributed by atoms with van der Waals surface area (Å²) in [5.74, 6) is 0. The highest BCUT2D eigenvalue weighted by atomic mass is 35.5. The van der Waals surface area contributed by atoms with Crippen LogP contribution in [0.15, 0.2) is 23.1 Å². The van der Waals surface area contributed by atoms with Gasteiger partial charge in [0, 0.05) is 11.5 Å². The molecule has 0 amide bonds. The maximum absolute atomic E-state index is 5.92. The van der Waals surface area contributed by atoms with Crippen molar-refractivity contribution in [2.75, 3.05) is 6.61 Å². The number of rotatable bonds is 5. The molecule has 0 N–H and O–H groups in total. The first-order chi connectivity index (χ1) is 6.74. The van der Waals surface area contributed by atoms with Crippen LogP contribution in [-0.2, 0) is 11.3 Å². The average molecular weight is 231 g/mol. The van der Waals surface area contributed by atoms with Gasteiger partial charge in [-0.25, -0.2) is 0 Å². The molecule has 0 bridgehead atoms. The van der Waals surface area contributed by atoms with Gasteiger partial charge in [0.05, 0.1) is 11.6 Å². The van der Waals surface area contributed by atoms with Crippen molar-refractivity contribution in [1.82, 2.24) is 0 Å². The van der Waals surface area contributed by atoms with Gasteiger partial charge in [0.1, 0.15) is 0 Å². The molecule has 0 saturated carbocycles. The minimum atomic E-state index is 0.633. The third-order valence-corrected chi connectivity index (χ3v) is 2.76. The predicted molar refractivity (Wildman–Crippen MR) is 63.3 cm³/mol. The molecule has 0 saturated heterocycles. The highest BCUT2D eigenvalue weighted by molar-refractivity contribution is 7.80. The van der Waals surface area contributed by atoms with Gasteiger partial charge in [-0.05, 0) is 24.1 Å². The lowest BCUT2D eigenvalue weighted by Gasteiger charge is -2.04. The smallest absolute Gasteiger partial charge is 0.0717 e. The van der Waals surface area contributed by atoms with E-state index in [1.165, 1.54) is 0 Å². The monoisotopic (exact) mass is 230 g/mol. The number of ether oxygens (including phenoxy) is 1. The molecular weight excluding hydrogens is 216 g/mol. The van der Waals surface area contributed by atoms with Gasteiger partial charge in [-0.2, -0.15) is 0 Å². The fourth-order valence-corrected chi connectivity index (χ4v) is 1.42. The first kappa shape index (κ1) is 11.9. The number of thiol groups is 1. The third kappa shape index (κ3) is 3.91. The summed E-state index contributed by atoms with van der Waals surface area (Å²) < 4.78 is 5.47. The summed E-state index contributed by atoms with van der Waals surface area (Å²) in [7, 11) is 0. The second kappa shape index (κ2) is 6.33. The van der Waals surface area contributed by atoms with Gasteiger partial charge >= 0.3 is 0 Å². The predicted octanol–water partition coefficient (Wildman–Crippen LogP) is 3.95. The Hall–Kier alpha value is -0.180. The molecule has 0 aliphatic carbocycles. The molecule has 78 valence electrons. The standard InChI is InChI=1S/C11H15ClOS/c1-2-3-6-13-8-9-4-5-11(14)10(12)7-9/h4-5,7,14H,2-3,6,8H2,1H3. The van der Waals surface area contributed by atoms with Crippen LogP contribution in [0.2, 0.25) is 5.02 Å². The van der Waals surface area contributed by atoms with Gasteiger partial charge in [-0.3, -0.25) is 0 Å². The molecule has 1 aromatic carbocycles. The Morgan fingerprint density at radius 1 is 1.43 bits per heavy atom. The van der Waals surface area contributed by atoms with Crippen molar-refractivity contribution >= 4 is 24.2 Å². The number of hydrogen-bond acceptors (Lipinski definition) is 2. The molecule has 1 aromatic rings. The van der Waals surface area contributed by atoms with E-state index in [0.717, 1.165) is 29.9 Å². The molecule has 0 fully saturated rings. The van der Waals surface area contributed by atoms with Crippen molar-refractivity contribution in [3.05, 3.63) is 28.8 Å². The topological polar surface area (TPSA) is 9.23 Å². The zero-order valence-corrected chi connectivity index (χ0v) is 9.94. The first-order valence-electron chi connectivity index (χ1n) is 4.79. The fourth-order valence-electron chi connectivity index (χ4n) is 1.08. The van der Waals surface area contributed by atoms with Gasteiger partial charge in [0.15, 0.2) is 0 Å². The molecule has 1 rings (SSSR count). The Bertz CT molecular complexity index is 289. The molecule has 0 aliphatic rings. The number of halogens is 1. The quantitative estimate of drug-likeness (QED) is 0.596. The Labute approximate surface area is 95.8 Å². The highest BCUT2D eigenvalue weighted by Crippen LogP contribution is 2.21. The van der Waals surface area contributed by atoms with E-state index in [-0.39, 0.29) is 0 Å². The van der Waals surface area contributed by atoms with E-state index in [2.05, 4.69) is 19.6 Å². The summed E-state index contributed by atoms with van der Waals surface area (Å²) in [6, 6.07) is 5.78. The van der Waals surface area contributed by atoms with Gasteiger partial charge in [-0.15, -0.1) is 12.6 Å². The van der Waals surface area contributed by atoms with Crippen molar-refractivity contribution < 1.29 is 4.74 Å². The van der Waals surface area contributed by atoms with E-state index < -0.39 is 0 Å². The Kier molecular flexibility index (Phi) is 5.38. The van der Waals surface area contributed by atoms with Gasteiger partial charge in [0.2, 0.25) is 0 Å². The average Bonchev–Trinajstić information content (AvgIpc) is 2.18. The minimum Gasteiger partial charge on any atom is -0.377 e. The van der Waals surface area contributed by atoms with Crippen LogP contribution in [0, 0.1) is 0 Å². The first-order valence-corrected chi connectivity index (χ1v) is 5.61. The van der Waals surface area contributed by atoms with Crippen LogP contribution in [0.5, 0.6) is 0 Å². The zero-order chi connectivity index (χ0) is 10.4. The SMILES string of the molecule is CCCCOCc1ccc(S)c(Cl)c1. The second-order valence-corrected chi connectivity index (χ2v) is 4.08. The van der Waals surface area contributed by atoms with Crippen LogP contribution in [0.4, 0.5) is 0 Å². The van der Waals surface area contributed by atoms with Gasteiger partial charge in [0.25, 0.3) is 0 Å². The van der Waals surface area contributed by atoms with E-state index >= 15 is 0 Å². The molecule has 1 nitrogen and oxygen atoms in total. The molecule has 0 unspecified atom stereocenters. The summed E-state index contributed by atoms with van der Waals surface area (Å²) in [4.78, 5) is 0.809. The molecule has 0 aromatic heterocycles.